The van der Waals surface area contributed by atoms with Crippen molar-refractivity contribution in [3.63, 3.8) is 0 Å². The van der Waals surface area contributed by atoms with Crippen molar-refractivity contribution >= 4 is 17.2 Å². The number of rotatable bonds is 1. The lowest BCUT2D eigenvalue weighted by Crippen LogP contribution is -1.93. The van der Waals surface area contributed by atoms with Gasteiger partial charge >= 0.3 is 0 Å². The predicted octanol–water partition coefficient (Wildman–Crippen LogP) is 0.922. The van der Waals surface area contributed by atoms with Crippen molar-refractivity contribution in [3.8, 4) is 0 Å². The Bertz CT molecular complexity index is 450. The summed E-state index contributed by atoms with van der Waals surface area (Å²) < 4.78 is 0. The maximum atomic E-state index is 5.01. The van der Waals surface area contributed by atoms with Crippen LogP contribution in [0.4, 0.5) is 0 Å². The van der Waals surface area contributed by atoms with Crippen molar-refractivity contribution in [1.82, 2.24) is 9.97 Å². The molecule has 4 heteroatoms. The topological polar surface area (TPSA) is 64.2 Å². The smallest absolute Gasteiger partial charge is 0.102 e. The number of benzene rings is 1. The van der Waals surface area contributed by atoms with Crippen molar-refractivity contribution in [3.05, 3.63) is 36.2 Å². The van der Waals surface area contributed by atoms with E-state index in [9.17, 15) is 0 Å². The molecule has 64 valence electrons. The maximum absolute atomic E-state index is 5.01. The summed E-state index contributed by atoms with van der Waals surface area (Å²) >= 11 is 0. The molecule has 13 heavy (non-hydrogen) atoms. The largest absolute Gasteiger partial charge is 0.323 e. The molecule has 0 aliphatic carbocycles. The highest BCUT2D eigenvalue weighted by atomic mass is 15.1. The number of nitrogens with two attached hydrogens (primary N) is 1. The van der Waals surface area contributed by atoms with Crippen LogP contribution in [0, 0.1) is 0 Å². The first-order chi connectivity index (χ1) is 6.40. The lowest BCUT2D eigenvalue weighted by atomic mass is 10.3. The summed E-state index contributed by atoms with van der Waals surface area (Å²) in [7, 11) is 0. The molecule has 0 bridgehead atoms. The summed E-state index contributed by atoms with van der Waals surface area (Å²) in [5.74, 6) is 5.01. The number of para-hydroxylation sites is 2. The fourth-order valence-corrected chi connectivity index (χ4v) is 1.11. The van der Waals surface area contributed by atoms with E-state index in [4.69, 9.17) is 5.84 Å². The van der Waals surface area contributed by atoms with Gasteiger partial charge in [0.2, 0.25) is 0 Å². The Morgan fingerprint density at radius 1 is 1.23 bits per heavy atom. The van der Waals surface area contributed by atoms with Gasteiger partial charge in [0.15, 0.2) is 0 Å². The minimum absolute atomic E-state index is 0.668. The van der Waals surface area contributed by atoms with Gasteiger partial charge in [-0.2, -0.15) is 5.10 Å². The third-order valence-corrected chi connectivity index (χ3v) is 1.67. The molecule has 0 amide bonds. The summed E-state index contributed by atoms with van der Waals surface area (Å²) in [5.41, 5.74) is 2.39. The van der Waals surface area contributed by atoms with Gasteiger partial charge in [-0.25, -0.2) is 4.98 Å². The van der Waals surface area contributed by atoms with Crippen molar-refractivity contribution in [2.24, 2.45) is 10.9 Å². The highest BCUT2D eigenvalue weighted by Crippen LogP contribution is 2.06. The zero-order valence-corrected chi connectivity index (χ0v) is 6.88. The molecule has 0 fully saturated rings. The molecule has 0 spiro atoms. The van der Waals surface area contributed by atoms with Gasteiger partial charge < -0.3 is 5.84 Å². The zero-order chi connectivity index (χ0) is 9.10. The first-order valence-corrected chi connectivity index (χ1v) is 3.85. The quantitative estimate of drug-likeness (QED) is 0.395. The van der Waals surface area contributed by atoms with Gasteiger partial charge in [0, 0.05) is 0 Å². The van der Waals surface area contributed by atoms with Crippen LogP contribution < -0.4 is 5.84 Å². The molecule has 4 nitrogen and oxygen atoms in total. The molecule has 1 aromatic carbocycles. The summed E-state index contributed by atoms with van der Waals surface area (Å²) in [5, 5.41) is 3.39. The van der Waals surface area contributed by atoms with E-state index in [-0.39, 0.29) is 0 Å². The molecule has 0 aliphatic heterocycles. The van der Waals surface area contributed by atoms with Crippen LogP contribution in [-0.2, 0) is 0 Å². The predicted molar refractivity (Wildman–Crippen MR) is 51.3 cm³/mol. The third-order valence-electron chi connectivity index (χ3n) is 1.67. The zero-order valence-electron chi connectivity index (χ0n) is 6.88. The lowest BCUT2D eigenvalue weighted by molar-refractivity contribution is 1.23. The molecule has 2 rings (SSSR count). The van der Waals surface area contributed by atoms with Crippen molar-refractivity contribution < 1.29 is 0 Å². The molecule has 0 saturated heterocycles. The van der Waals surface area contributed by atoms with Gasteiger partial charge in [0.05, 0.1) is 23.4 Å². The number of nitrogens with zero attached hydrogens (tertiary/aromatic N) is 3. The molecule has 1 aromatic heterocycles. The molecular formula is C9H8N4. The van der Waals surface area contributed by atoms with E-state index in [1.165, 1.54) is 6.21 Å². The molecular weight excluding hydrogens is 164 g/mol. The van der Waals surface area contributed by atoms with Gasteiger partial charge in [-0.3, -0.25) is 4.98 Å². The van der Waals surface area contributed by atoms with Crippen LogP contribution >= 0.6 is 0 Å². The van der Waals surface area contributed by atoms with Crippen molar-refractivity contribution in [2.75, 3.05) is 0 Å². The van der Waals surface area contributed by atoms with Crippen LogP contribution in [0.15, 0.2) is 35.6 Å². The summed E-state index contributed by atoms with van der Waals surface area (Å²) in [6, 6.07) is 7.65. The second kappa shape index (κ2) is 3.18. The van der Waals surface area contributed by atoms with Gasteiger partial charge in [-0.05, 0) is 12.1 Å². The third kappa shape index (κ3) is 1.46. The van der Waals surface area contributed by atoms with Crippen LogP contribution in [0.5, 0.6) is 0 Å². The average molecular weight is 172 g/mol. The molecule has 0 saturated carbocycles. The van der Waals surface area contributed by atoms with E-state index in [1.54, 1.807) is 6.20 Å². The average Bonchev–Trinajstić information content (AvgIpc) is 2.18. The maximum Gasteiger partial charge on any atom is 0.102 e. The van der Waals surface area contributed by atoms with Gasteiger partial charge in [-0.1, -0.05) is 12.1 Å². The summed E-state index contributed by atoms with van der Waals surface area (Å²) in [6.07, 6.45) is 3.11. The van der Waals surface area contributed by atoms with Crippen LogP contribution in [0.3, 0.4) is 0 Å². The molecule has 0 aliphatic rings. The van der Waals surface area contributed by atoms with Crippen LogP contribution in [0.25, 0.3) is 11.0 Å². The van der Waals surface area contributed by atoms with E-state index in [0.29, 0.717) is 5.69 Å². The van der Waals surface area contributed by atoms with Gasteiger partial charge in [0.25, 0.3) is 0 Å². The van der Waals surface area contributed by atoms with Crippen LogP contribution in [0.2, 0.25) is 0 Å². The molecule has 2 N–H and O–H groups in total. The summed E-state index contributed by atoms with van der Waals surface area (Å²) in [4.78, 5) is 8.46. The molecule has 2 aromatic rings. The minimum atomic E-state index is 0.668. The van der Waals surface area contributed by atoms with E-state index in [1.807, 2.05) is 24.3 Å². The normalized spacial score (nSPS) is 11.1. The van der Waals surface area contributed by atoms with Crippen molar-refractivity contribution in [2.45, 2.75) is 0 Å². The Balaban J connectivity index is 2.62. The minimum Gasteiger partial charge on any atom is -0.323 e. The van der Waals surface area contributed by atoms with E-state index < -0.39 is 0 Å². The first kappa shape index (κ1) is 7.67. The Hall–Kier alpha value is -1.97. The Morgan fingerprint density at radius 3 is 2.77 bits per heavy atom. The van der Waals surface area contributed by atoms with Crippen LogP contribution in [-0.4, -0.2) is 16.2 Å². The van der Waals surface area contributed by atoms with Crippen molar-refractivity contribution in [1.29, 1.82) is 0 Å². The van der Waals surface area contributed by atoms with Crippen LogP contribution in [0.1, 0.15) is 5.69 Å². The SMILES string of the molecule is N/N=C/c1cnc2ccccc2n1. The number of hydrazone groups is 1. The fraction of sp³-hybridized carbons (Fsp3) is 0. The second-order valence-electron chi connectivity index (χ2n) is 2.56. The Kier molecular flexibility index (Phi) is 1.88. The fourth-order valence-electron chi connectivity index (χ4n) is 1.11. The van der Waals surface area contributed by atoms with Gasteiger partial charge in [0.1, 0.15) is 5.69 Å². The van der Waals surface area contributed by atoms with E-state index in [2.05, 4.69) is 15.1 Å². The number of hydrogen-bond acceptors (Lipinski definition) is 4. The number of hydrogen-bond donors (Lipinski definition) is 1. The summed E-state index contributed by atoms with van der Waals surface area (Å²) in [6.45, 7) is 0. The second-order valence-corrected chi connectivity index (χ2v) is 2.56. The Morgan fingerprint density at radius 2 is 2.00 bits per heavy atom. The monoisotopic (exact) mass is 172 g/mol. The molecule has 0 radical (unpaired) electrons. The Labute approximate surface area is 75.1 Å². The molecule has 0 atom stereocenters. The lowest BCUT2D eigenvalue weighted by Gasteiger charge is -1.95. The standard InChI is InChI=1S/C9H8N4/c10-12-6-7-5-11-8-3-1-2-4-9(8)13-7/h1-6H,10H2/b12-6+. The first-order valence-electron chi connectivity index (χ1n) is 3.85. The number of aromatic nitrogens is 2. The van der Waals surface area contributed by atoms with Gasteiger partial charge in [-0.15, -0.1) is 0 Å². The molecule has 1 heterocycles. The highest BCUT2D eigenvalue weighted by Gasteiger charge is 1.95. The van der Waals surface area contributed by atoms with E-state index in [0.717, 1.165) is 11.0 Å². The van der Waals surface area contributed by atoms with E-state index >= 15 is 0 Å². The number of fused-ring (bicyclic) bond motifs is 1. The molecule has 0 unspecified atom stereocenters. The highest BCUT2D eigenvalue weighted by molar-refractivity contribution is 5.81.